The zero-order chi connectivity index (χ0) is 48.2. The number of pyridine rings is 1. The molecule has 0 aliphatic carbocycles. The fourth-order valence-corrected chi connectivity index (χ4v) is 11.1. The molecule has 4 saturated heterocycles. The van der Waals surface area contributed by atoms with Crippen LogP contribution >= 0.6 is 0 Å². The number of likely N-dealkylation sites (tertiary alicyclic amines) is 1. The van der Waals surface area contributed by atoms with Gasteiger partial charge in [0.1, 0.15) is 17.6 Å². The second kappa shape index (κ2) is 18.7. The molecule has 0 spiro atoms. The molecule has 5 amide bonds. The number of nitrogens with one attached hydrogen (secondary N) is 3. The third-order valence-electron chi connectivity index (χ3n) is 15.4. The van der Waals surface area contributed by atoms with Crippen LogP contribution in [0.2, 0.25) is 0 Å². The predicted molar refractivity (Wildman–Crippen MR) is 261 cm³/mol. The number of fused-ring (bicyclic) bond motifs is 3. The number of carbonyl (C=O) groups excluding carboxylic acids is 5. The quantitative estimate of drug-likeness (QED) is 0.162. The van der Waals surface area contributed by atoms with Gasteiger partial charge in [0.05, 0.1) is 28.3 Å². The summed E-state index contributed by atoms with van der Waals surface area (Å²) in [5, 5.41) is 26.1. The molecule has 21 heteroatoms. The van der Waals surface area contributed by atoms with Gasteiger partial charge in [-0.3, -0.25) is 49.1 Å². The molecule has 0 bridgehead atoms. The molecule has 11 rings (SSSR count). The summed E-state index contributed by atoms with van der Waals surface area (Å²) in [7, 11) is 1.85. The van der Waals surface area contributed by atoms with Crippen LogP contribution < -0.4 is 25.3 Å². The first kappa shape index (κ1) is 45.3. The van der Waals surface area contributed by atoms with Crippen molar-refractivity contribution < 1.29 is 24.0 Å². The van der Waals surface area contributed by atoms with Gasteiger partial charge >= 0.3 is 0 Å². The highest BCUT2D eigenvalue weighted by atomic mass is 16.2. The SMILES string of the molecule is CC1=C(C(=O)Nc2ccc3[nH]nc(-c4ccnc(N5CCN(CCN6CCC(CN7CCN(c8ccc9c(c8)C(=O)N(C8CCC(=O)NC8=O)C9=O)CC7)CC6)CC5)c4)c3c2)[C@H](C)n2nnnc2N1C. The molecule has 2 aromatic carbocycles. The van der Waals surface area contributed by atoms with Gasteiger partial charge in [-0.15, -0.1) is 0 Å². The Balaban J connectivity index is 0.619. The summed E-state index contributed by atoms with van der Waals surface area (Å²) in [6.07, 6.45) is 4.48. The van der Waals surface area contributed by atoms with Crippen LogP contribution in [0.25, 0.3) is 22.2 Å². The van der Waals surface area contributed by atoms with Crippen LogP contribution in [0.15, 0.2) is 66.0 Å². The fourth-order valence-electron chi connectivity index (χ4n) is 11.1. The maximum atomic E-state index is 13.7. The lowest BCUT2D eigenvalue weighted by Gasteiger charge is -2.40. The molecule has 1 unspecified atom stereocenters. The van der Waals surface area contributed by atoms with Gasteiger partial charge < -0.3 is 24.9 Å². The molecule has 70 heavy (non-hydrogen) atoms. The lowest BCUT2D eigenvalue weighted by molar-refractivity contribution is -0.136. The summed E-state index contributed by atoms with van der Waals surface area (Å²) in [5.74, 6) is 0.0526. The van der Waals surface area contributed by atoms with Crippen LogP contribution in [0, 0.1) is 5.92 Å². The number of aromatic amines is 1. The maximum absolute atomic E-state index is 13.7. The Morgan fingerprint density at radius 2 is 1.53 bits per heavy atom. The van der Waals surface area contributed by atoms with E-state index in [1.807, 2.05) is 62.3 Å². The summed E-state index contributed by atoms with van der Waals surface area (Å²) in [4.78, 5) is 84.4. The number of benzene rings is 2. The zero-order valence-corrected chi connectivity index (χ0v) is 39.8. The van der Waals surface area contributed by atoms with E-state index in [4.69, 9.17) is 10.1 Å². The van der Waals surface area contributed by atoms with Gasteiger partial charge in [0, 0.05) is 120 Å². The zero-order valence-electron chi connectivity index (χ0n) is 39.8. The number of amides is 5. The summed E-state index contributed by atoms with van der Waals surface area (Å²) in [6.45, 7) is 16.5. The van der Waals surface area contributed by atoms with Crippen molar-refractivity contribution in [2.75, 3.05) is 112 Å². The van der Waals surface area contributed by atoms with Crippen LogP contribution in [-0.2, 0) is 14.4 Å². The van der Waals surface area contributed by atoms with Crippen LogP contribution in [0.4, 0.5) is 23.1 Å². The third-order valence-corrected chi connectivity index (χ3v) is 15.4. The average molecular weight is 951 g/mol. The smallest absolute Gasteiger partial charge is 0.262 e. The molecule has 0 saturated carbocycles. The molecule has 3 N–H and O–H groups in total. The van der Waals surface area contributed by atoms with Crippen LogP contribution in [0.1, 0.15) is 66.3 Å². The van der Waals surface area contributed by atoms with Crippen molar-refractivity contribution in [1.82, 2.24) is 60.3 Å². The van der Waals surface area contributed by atoms with Gasteiger partial charge in [0.2, 0.25) is 17.8 Å². The number of aromatic nitrogens is 7. The lowest BCUT2D eigenvalue weighted by Crippen LogP contribution is -2.54. The van der Waals surface area contributed by atoms with Gasteiger partial charge in [0.25, 0.3) is 17.7 Å². The third kappa shape index (κ3) is 8.55. The molecule has 3 aromatic heterocycles. The summed E-state index contributed by atoms with van der Waals surface area (Å²) in [6, 6.07) is 14.0. The Bertz CT molecular complexity index is 2910. The number of imide groups is 2. The monoisotopic (exact) mass is 950 g/mol. The van der Waals surface area contributed by atoms with Gasteiger partial charge in [-0.1, -0.05) is 5.10 Å². The number of rotatable bonds is 11. The summed E-state index contributed by atoms with van der Waals surface area (Å²) >= 11 is 0. The van der Waals surface area contributed by atoms with E-state index in [1.54, 1.807) is 16.8 Å². The molecule has 2 atom stereocenters. The first-order valence-corrected chi connectivity index (χ1v) is 24.5. The standard InChI is InChI=1S/C49H58N16O5/c1-30-43(31(2)65-49(58(30)3)55-56-57-65)46(68)51-34-4-7-39-38(27-34)44(54-53-39)33-10-13-50-41(26-33)63-24-18-60(19-25-63)17-16-59-14-11-32(12-15-59)29-61-20-22-62(23-21-61)35-5-6-36-37(28-35)48(70)64(47(36)69)40-8-9-42(66)52-45(40)67/h4-7,10,13,26-28,31-32,40H,8-9,11-12,14-25,29H2,1-3H3,(H,51,68)(H,53,54)(H,52,66,67)/t31-,40?/m0/s1. The number of hydrogen-bond acceptors (Lipinski definition) is 16. The Labute approximate surface area is 404 Å². The number of piperidine rings is 2. The lowest BCUT2D eigenvalue weighted by atomic mass is 9.96. The molecule has 6 aliphatic heterocycles. The van der Waals surface area contributed by atoms with E-state index in [2.05, 4.69) is 61.8 Å². The molecule has 9 heterocycles. The minimum atomic E-state index is -0.965. The van der Waals surface area contributed by atoms with E-state index in [0.29, 0.717) is 34.3 Å². The number of anilines is 4. The molecule has 0 radical (unpaired) electrons. The Morgan fingerprint density at radius 1 is 0.800 bits per heavy atom. The number of allylic oxidation sites excluding steroid dienone is 1. The first-order valence-electron chi connectivity index (χ1n) is 24.5. The van der Waals surface area contributed by atoms with Crippen LogP contribution in [0.3, 0.4) is 0 Å². The van der Waals surface area contributed by atoms with Gasteiger partial charge in [-0.05, 0) is 111 Å². The molecule has 4 fully saturated rings. The van der Waals surface area contributed by atoms with Crippen LogP contribution in [0.5, 0.6) is 0 Å². The van der Waals surface area contributed by atoms with Crippen molar-refractivity contribution in [1.29, 1.82) is 0 Å². The minimum absolute atomic E-state index is 0.0986. The average Bonchev–Trinajstić information content (AvgIpc) is 4.10. The highest BCUT2D eigenvalue weighted by Gasteiger charge is 2.45. The summed E-state index contributed by atoms with van der Waals surface area (Å²) < 4.78 is 1.65. The predicted octanol–water partition coefficient (Wildman–Crippen LogP) is 2.59. The first-order chi connectivity index (χ1) is 34.0. The maximum Gasteiger partial charge on any atom is 0.262 e. The highest BCUT2D eigenvalue weighted by Crippen LogP contribution is 2.35. The van der Waals surface area contributed by atoms with Crippen LogP contribution in [-0.4, -0.2) is 183 Å². The number of carbonyl (C=O) groups is 5. The normalized spacial score (nSPS) is 22.0. The van der Waals surface area contributed by atoms with Crippen molar-refractivity contribution in [3.63, 3.8) is 0 Å². The van der Waals surface area contributed by atoms with Crippen molar-refractivity contribution >= 4 is 63.6 Å². The summed E-state index contributed by atoms with van der Waals surface area (Å²) in [5.41, 5.74) is 6.22. The number of H-pyrrole nitrogens is 1. The van der Waals surface area contributed by atoms with E-state index in [1.165, 1.54) is 12.8 Å². The van der Waals surface area contributed by atoms with E-state index < -0.39 is 23.8 Å². The van der Waals surface area contributed by atoms with Crippen molar-refractivity contribution in [3.05, 3.63) is 77.1 Å². The number of tetrazole rings is 1. The van der Waals surface area contributed by atoms with Gasteiger partial charge in [0.15, 0.2) is 0 Å². The van der Waals surface area contributed by atoms with Gasteiger partial charge in [-0.25, -0.2) is 9.67 Å². The number of hydrogen-bond donors (Lipinski definition) is 3. The topological polar surface area (TPSA) is 217 Å². The fraction of sp³-hybridized carbons (Fsp3) is 0.469. The second-order valence-corrected chi connectivity index (χ2v) is 19.4. The number of nitrogens with zero attached hydrogens (tertiary/aromatic N) is 13. The van der Waals surface area contributed by atoms with Crippen molar-refractivity contribution in [2.45, 2.75) is 51.6 Å². The van der Waals surface area contributed by atoms with E-state index in [0.717, 1.165) is 129 Å². The Morgan fingerprint density at radius 3 is 2.30 bits per heavy atom. The Hall–Kier alpha value is -7.10. The molecule has 21 nitrogen and oxygen atoms in total. The van der Waals surface area contributed by atoms with Crippen molar-refractivity contribution in [3.8, 4) is 11.3 Å². The largest absolute Gasteiger partial charge is 0.369 e. The molecular formula is C49H58N16O5. The Kier molecular flexibility index (Phi) is 12.1. The van der Waals surface area contributed by atoms with Gasteiger partial charge in [-0.2, -0.15) is 5.10 Å². The molecule has 5 aromatic rings. The second-order valence-electron chi connectivity index (χ2n) is 19.4. The van der Waals surface area contributed by atoms with E-state index in [9.17, 15) is 24.0 Å². The van der Waals surface area contributed by atoms with Crippen molar-refractivity contribution in [2.24, 2.45) is 5.92 Å². The highest BCUT2D eigenvalue weighted by molar-refractivity contribution is 6.23. The molecule has 364 valence electrons. The van der Waals surface area contributed by atoms with E-state index in [-0.39, 0.29) is 30.7 Å². The molecule has 6 aliphatic rings. The number of piperazine rings is 2. The van der Waals surface area contributed by atoms with E-state index >= 15 is 0 Å². The minimum Gasteiger partial charge on any atom is -0.369 e. The molecular weight excluding hydrogens is 893 g/mol.